The topological polar surface area (TPSA) is 58.6 Å². The van der Waals surface area contributed by atoms with E-state index in [0.717, 1.165) is 17.3 Å². The Morgan fingerprint density at radius 1 is 1.04 bits per heavy atom. The van der Waals surface area contributed by atoms with Gasteiger partial charge in [0, 0.05) is 23.6 Å². The van der Waals surface area contributed by atoms with Crippen molar-refractivity contribution >= 4 is 27.7 Å². The second kappa shape index (κ2) is 8.85. The highest BCUT2D eigenvalue weighted by atomic mass is 79.9. The van der Waals surface area contributed by atoms with Gasteiger partial charge in [0.25, 0.3) is 11.8 Å². The average molecular weight is 417 g/mol. The Morgan fingerprint density at radius 3 is 2.38 bits per heavy atom. The summed E-state index contributed by atoms with van der Waals surface area (Å²) in [6.07, 6.45) is 1.49. The molecule has 5 nitrogen and oxygen atoms in total. The van der Waals surface area contributed by atoms with Gasteiger partial charge in [-0.1, -0.05) is 30.3 Å². The summed E-state index contributed by atoms with van der Waals surface area (Å²) in [5.74, 6) is 0.565. The quantitative estimate of drug-likeness (QED) is 0.813. The molecule has 0 atom stereocenters. The van der Waals surface area contributed by atoms with E-state index in [1.165, 1.54) is 0 Å². The molecule has 1 heterocycles. The van der Waals surface area contributed by atoms with Gasteiger partial charge in [-0.3, -0.25) is 9.59 Å². The van der Waals surface area contributed by atoms with Crippen LogP contribution in [0.2, 0.25) is 0 Å². The molecule has 0 spiro atoms. The molecule has 0 bridgehead atoms. The first kappa shape index (κ1) is 18.5. The van der Waals surface area contributed by atoms with E-state index in [-0.39, 0.29) is 24.5 Å². The maximum absolute atomic E-state index is 12.6. The van der Waals surface area contributed by atoms with Gasteiger partial charge in [-0.25, -0.2) is 0 Å². The number of likely N-dealkylation sites (tertiary alicyclic amines) is 1. The number of carbonyl (C=O) groups excluding carboxylic acids is 2. The van der Waals surface area contributed by atoms with Crippen molar-refractivity contribution in [3.05, 3.63) is 64.6 Å². The van der Waals surface area contributed by atoms with Crippen molar-refractivity contribution in [1.82, 2.24) is 10.2 Å². The molecular formula is C20H21BrN2O3. The molecule has 0 saturated carbocycles. The third-order valence-corrected chi connectivity index (χ3v) is 5.06. The molecule has 6 heteroatoms. The lowest BCUT2D eigenvalue weighted by Crippen LogP contribution is -2.47. The fraction of sp³-hybridized carbons (Fsp3) is 0.300. The second-order valence-electron chi connectivity index (χ2n) is 6.22. The molecule has 2 amide bonds. The van der Waals surface area contributed by atoms with Crippen LogP contribution in [-0.2, 0) is 4.79 Å². The van der Waals surface area contributed by atoms with Crippen molar-refractivity contribution in [2.75, 3.05) is 19.7 Å². The van der Waals surface area contributed by atoms with Crippen LogP contribution < -0.4 is 10.1 Å². The van der Waals surface area contributed by atoms with E-state index in [1.54, 1.807) is 0 Å². The molecule has 1 N–H and O–H groups in total. The molecule has 1 aliphatic rings. The number of piperidine rings is 1. The van der Waals surface area contributed by atoms with Crippen LogP contribution in [0.25, 0.3) is 0 Å². The maximum atomic E-state index is 12.6. The predicted molar refractivity (Wildman–Crippen MR) is 103 cm³/mol. The summed E-state index contributed by atoms with van der Waals surface area (Å²) in [5, 5.41) is 2.99. The fourth-order valence-electron chi connectivity index (χ4n) is 2.97. The number of rotatable bonds is 5. The third-order valence-electron chi connectivity index (χ3n) is 4.36. The highest BCUT2D eigenvalue weighted by Crippen LogP contribution is 2.20. The average Bonchev–Trinajstić information content (AvgIpc) is 2.68. The van der Waals surface area contributed by atoms with Crippen molar-refractivity contribution in [2.45, 2.75) is 18.9 Å². The Balaban J connectivity index is 1.44. The first-order valence-corrected chi connectivity index (χ1v) is 9.44. The first-order valence-electron chi connectivity index (χ1n) is 8.64. The molecule has 2 aromatic rings. The Labute approximate surface area is 161 Å². The fourth-order valence-corrected chi connectivity index (χ4v) is 3.42. The maximum Gasteiger partial charge on any atom is 0.258 e. The highest BCUT2D eigenvalue weighted by Gasteiger charge is 2.25. The lowest BCUT2D eigenvalue weighted by molar-refractivity contribution is -0.124. The summed E-state index contributed by atoms with van der Waals surface area (Å²) in [4.78, 5) is 26.5. The van der Waals surface area contributed by atoms with E-state index in [1.807, 2.05) is 59.5 Å². The molecule has 1 aliphatic heterocycles. The Bertz CT molecular complexity index is 759. The van der Waals surface area contributed by atoms with Gasteiger partial charge in [-0.05, 0) is 53.0 Å². The lowest BCUT2D eigenvalue weighted by atomic mass is 10.0. The van der Waals surface area contributed by atoms with Crippen LogP contribution in [0.1, 0.15) is 23.2 Å². The zero-order valence-electron chi connectivity index (χ0n) is 14.4. The van der Waals surface area contributed by atoms with E-state index in [4.69, 9.17) is 4.74 Å². The summed E-state index contributed by atoms with van der Waals surface area (Å²) in [7, 11) is 0. The third kappa shape index (κ3) is 4.85. The van der Waals surface area contributed by atoms with Crippen LogP contribution in [0.4, 0.5) is 0 Å². The van der Waals surface area contributed by atoms with E-state index >= 15 is 0 Å². The number of nitrogens with one attached hydrogen (secondary N) is 1. The molecule has 0 radical (unpaired) electrons. The largest absolute Gasteiger partial charge is 0.484 e. The number of carbonyl (C=O) groups is 2. The minimum Gasteiger partial charge on any atom is -0.484 e. The van der Waals surface area contributed by atoms with Crippen molar-refractivity contribution in [3.63, 3.8) is 0 Å². The molecule has 3 rings (SSSR count). The van der Waals surface area contributed by atoms with Crippen LogP contribution in [-0.4, -0.2) is 42.5 Å². The smallest absolute Gasteiger partial charge is 0.258 e. The molecule has 1 fully saturated rings. The van der Waals surface area contributed by atoms with Gasteiger partial charge in [0.1, 0.15) is 5.75 Å². The van der Waals surface area contributed by atoms with Crippen LogP contribution >= 0.6 is 15.9 Å². The van der Waals surface area contributed by atoms with Crippen molar-refractivity contribution in [3.8, 4) is 5.75 Å². The zero-order chi connectivity index (χ0) is 18.4. The molecule has 0 aliphatic carbocycles. The van der Waals surface area contributed by atoms with Gasteiger partial charge >= 0.3 is 0 Å². The normalized spacial score (nSPS) is 14.7. The number of nitrogens with zero attached hydrogens (tertiary/aromatic N) is 1. The Hall–Kier alpha value is -2.34. The summed E-state index contributed by atoms with van der Waals surface area (Å²) in [6.45, 7) is 1.26. The lowest BCUT2D eigenvalue weighted by Gasteiger charge is -2.32. The molecule has 26 heavy (non-hydrogen) atoms. The highest BCUT2D eigenvalue weighted by molar-refractivity contribution is 9.10. The first-order chi connectivity index (χ1) is 12.6. The zero-order valence-corrected chi connectivity index (χ0v) is 15.9. The number of para-hydroxylation sites is 1. The van der Waals surface area contributed by atoms with E-state index in [9.17, 15) is 9.59 Å². The Morgan fingerprint density at radius 2 is 1.69 bits per heavy atom. The summed E-state index contributed by atoms with van der Waals surface area (Å²) in [6, 6.07) is 16.8. The van der Waals surface area contributed by atoms with Crippen LogP contribution in [0.5, 0.6) is 5.75 Å². The summed E-state index contributed by atoms with van der Waals surface area (Å²) >= 11 is 3.43. The van der Waals surface area contributed by atoms with Crippen molar-refractivity contribution in [2.24, 2.45) is 0 Å². The molecule has 1 saturated heterocycles. The van der Waals surface area contributed by atoms with E-state index < -0.39 is 0 Å². The van der Waals surface area contributed by atoms with Gasteiger partial charge in [0.05, 0.1) is 5.56 Å². The standard InChI is InChI=1S/C20H21BrN2O3/c21-18-9-5-4-8-17(18)20(25)23-12-10-15(11-13-23)22-19(24)14-26-16-6-2-1-3-7-16/h1-9,15H,10-14H2,(H,22,24). The summed E-state index contributed by atoms with van der Waals surface area (Å²) < 4.78 is 6.26. The number of halogens is 1. The van der Waals surface area contributed by atoms with Crippen LogP contribution in [0.3, 0.4) is 0 Å². The van der Waals surface area contributed by atoms with E-state index in [2.05, 4.69) is 21.2 Å². The number of benzene rings is 2. The van der Waals surface area contributed by atoms with Crippen LogP contribution in [0.15, 0.2) is 59.1 Å². The van der Waals surface area contributed by atoms with Crippen molar-refractivity contribution in [1.29, 1.82) is 0 Å². The molecule has 136 valence electrons. The number of ether oxygens (including phenoxy) is 1. The Kier molecular flexibility index (Phi) is 6.28. The molecular weight excluding hydrogens is 396 g/mol. The number of amides is 2. The molecule has 0 aromatic heterocycles. The SMILES string of the molecule is O=C(COc1ccccc1)NC1CCN(C(=O)c2ccccc2Br)CC1. The monoisotopic (exact) mass is 416 g/mol. The van der Waals surface area contributed by atoms with Gasteiger partial charge in [-0.2, -0.15) is 0 Å². The van der Waals surface area contributed by atoms with Gasteiger partial charge in [0.2, 0.25) is 0 Å². The minimum atomic E-state index is -0.135. The molecule has 2 aromatic carbocycles. The predicted octanol–water partition coefficient (Wildman–Crippen LogP) is 3.25. The van der Waals surface area contributed by atoms with Crippen molar-refractivity contribution < 1.29 is 14.3 Å². The number of hydrogen-bond acceptors (Lipinski definition) is 3. The molecule has 0 unspecified atom stereocenters. The van der Waals surface area contributed by atoms with Gasteiger partial charge < -0.3 is 15.0 Å². The van der Waals surface area contributed by atoms with Gasteiger partial charge in [0.15, 0.2) is 6.61 Å². The van der Waals surface area contributed by atoms with E-state index in [0.29, 0.717) is 24.4 Å². The minimum absolute atomic E-state index is 0.000119. The van der Waals surface area contributed by atoms with Gasteiger partial charge in [-0.15, -0.1) is 0 Å². The number of hydrogen-bond donors (Lipinski definition) is 1. The second-order valence-corrected chi connectivity index (χ2v) is 7.07. The summed E-state index contributed by atoms with van der Waals surface area (Å²) in [5.41, 5.74) is 0.672. The van der Waals surface area contributed by atoms with Crippen LogP contribution in [0, 0.1) is 0 Å².